The highest BCUT2D eigenvalue weighted by Gasteiger charge is 2.20. The lowest BCUT2D eigenvalue weighted by Crippen LogP contribution is -2.41. The minimum absolute atomic E-state index is 0.00414. The molecule has 0 aromatic rings. The first-order chi connectivity index (χ1) is 10.8. The van der Waals surface area contributed by atoms with E-state index in [9.17, 15) is 14.4 Å². The largest absolute Gasteiger partial charge is 0.480 e. The molecule has 0 aliphatic carbocycles. The maximum Gasteiger partial charge on any atom is 0.326 e. The number of nitrogens with one attached hydrogen (secondary N) is 2. The second-order valence-corrected chi connectivity index (χ2v) is 5.27. The molecule has 2 atom stereocenters. The summed E-state index contributed by atoms with van der Waals surface area (Å²) in [7, 11) is 0. The third kappa shape index (κ3) is 10.6. The molecule has 0 bridgehead atoms. The summed E-state index contributed by atoms with van der Waals surface area (Å²) in [5, 5.41) is 31.5. The molecule has 0 heterocycles. The number of carboxylic acid groups (broad SMARTS) is 1. The number of aliphatic hydroxyl groups excluding tert-OH is 1. The molecule has 0 aromatic carbocycles. The van der Waals surface area contributed by atoms with E-state index in [1.54, 1.807) is 6.92 Å². The summed E-state index contributed by atoms with van der Waals surface area (Å²) in [6, 6.07) is -1.78. The van der Waals surface area contributed by atoms with Gasteiger partial charge in [0.15, 0.2) is 6.29 Å². The second kappa shape index (κ2) is 11.8. The zero-order valence-corrected chi connectivity index (χ0v) is 13.3. The van der Waals surface area contributed by atoms with E-state index >= 15 is 0 Å². The number of carboxylic acids is 1. The number of hydrogen-bond donors (Lipinski definition) is 6. The summed E-state index contributed by atoms with van der Waals surface area (Å²) in [5.74, 6) is -1.84. The number of rotatable bonds is 12. The maximum absolute atomic E-state index is 11.6. The van der Waals surface area contributed by atoms with E-state index in [0.717, 1.165) is 0 Å². The van der Waals surface area contributed by atoms with Crippen molar-refractivity contribution in [2.45, 2.75) is 63.8 Å². The van der Waals surface area contributed by atoms with Crippen LogP contribution in [0.4, 0.5) is 0 Å². The van der Waals surface area contributed by atoms with Crippen LogP contribution in [-0.2, 0) is 14.4 Å². The lowest BCUT2D eigenvalue weighted by molar-refractivity contribution is -0.142. The number of amides is 2. The topological polar surface area (TPSA) is 162 Å². The van der Waals surface area contributed by atoms with Crippen molar-refractivity contribution in [2.75, 3.05) is 6.54 Å². The lowest BCUT2D eigenvalue weighted by atomic mass is 10.1. The van der Waals surface area contributed by atoms with Crippen molar-refractivity contribution in [1.82, 2.24) is 10.6 Å². The van der Waals surface area contributed by atoms with Crippen molar-refractivity contribution in [1.29, 1.82) is 0 Å². The van der Waals surface area contributed by atoms with Crippen LogP contribution in [0.3, 0.4) is 0 Å². The SMILES string of the molecule is CCC(=O)NC(CCC(=O)NCCCCC(N)C(O)O)C(=O)O. The highest BCUT2D eigenvalue weighted by molar-refractivity contribution is 5.84. The Kier molecular flexibility index (Phi) is 10.9. The molecule has 23 heavy (non-hydrogen) atoms. The molecule has 0 rings (SSSR count). The van der Waals surface area contributed by atoms with Crippen molar-refractivity contribution < 1.29 is 29.7 Å². The fraction of sp³-hybridized carbons (Fsp3) is 0.786. The first-order valence-electron chi connectivity index (χ1n) is 7.68. The third-order valence-electron chi connectivity index (χ3n) is 3.28. The van der Waals surface area contributed by atoms with Gasteiger partial charge in [-0.15, -0.1) is 0 Å². The zero-order chi connectivity index (χ0) is 17.8. The fourth-order valence-electron chi connectivity index (χ4n) is 1.80. The molecule has 9 nitrogen and oxygen atoms in total. The molecule has 0 spiro atoms. The number of unbranched alkanes of at least 4 members (excludes halogenated alkanes) is 1. The molecule has 0 aromatic heterocycles. The van der Waals surface area contributed by atoms with Crippen LogP contribution in [0.25, 0.3) is 0 Å². The number of aliphatic carboxylic acids is 1. The molecule has 7 N–H and O–H groups in total. The van der Waals surface area contributed by atoms with Gasteiger partial charge < -0.3 is 31.7 Å². The van der Waals surface area contributed by atoms with E-state index < -0.39 is 24.3 Å². The van der Waals surface area contributed by atoms with Gasteiger partial charge in [0.25, 0.3) is 0 Å². The van der Waals surface area contributed by atoms with E-state index in [1.165, 1.54) is 0 Å². The number of carbonyl (C=O) groups excluding carboxylic acids is 2. The van der Waals surface area contributed by atoms with Gasteiger partial charge in [0.05, 0.1) is 6.04 Å². The molecule has 9 heteroatoms. The van der Waals surface area contributed by atoms with Gasteiger partial charge in [-0.1, -0.05) is 6.92 Å². The van der Waals surface area contributed by atoms with Crippen LogP contribution in [0.15, 0.2) is 0 Å². The van der Waals surface area contributed by atoms with Crippen LogP contribution in [0.2, 0.25) is 0 Å². The average Bonchev–Trinajstić information content (AvgIpc) is 2.49. The van der Waals surface area contributed by atoms with E-state index in [-0.39, 0.29) is 31.1 Å². The highest BCUT2D eigenvalue weighted by atomic mass is 16.5. The maximum atomic E-state index is 11.6. The minimum Gasteiger partial charge on any atom is -0.480 e. The Hall–Kier alpha value is -1.71. The molecular weight excluding hydrogens is 306 g/mol. The third-order valence-corrected chi connectivity index (χ3v) is 3.28. The van der Waals surface area contributed by atoms with Crippen LogP contribution in [0.1, 0.15) is 45.4 Å². The van der Waals surface area contributed by atoms with Crippen molar-refractivity contribution in [3.05, 3.63) is 0 Å². The summed E-state index contributed by atoms with van der Waals surface area (Å²) in [6.07, 6.45) is 0.337. The van der Waals surface area contributed by atoms with Crippen LogP contribution in [0.5, 0.6) is 0 Å². The van der Waals surface area contributed by atoms with Crippen LogP contribution >= 0.6 is 0 Å². The van der Waals surface area contributed by atoms with Gasteiger partial charge in [0.2, 0.25) is 11.8 Å². The first-order valence-corrected chi connectivity index (χ1v) is 7.68. The number of hydrogen-bond acceptors (Lipinski definition) is 6. The predicted molar refractivity (Wildman–Crippen MR) is 82.2 cm³/mol. The number of nitrogens with two attached hydrogens (primary N) is 1. The fourth-order valence-corrected chi connectivity index (χ4v) is 1.80. The van der Waals surface area contributed by atoms with Gasteiger partial charge >= 0.3 is 5.97 Å². The highest BCUT2D eigenvalue weighted by Crippen LogP contribution is 2.02. The van der Waals surface area contributed by atoms with Gasteiger partial charge in [-0.3, -0.25) is 9.59 Å². The Morgan fingerprint density at radius 2 is 1.74 bits per heavy atom. The monoisotopic (exact) mass is 333 g/mol. The Labute approximate surface area is 135 Å². The van der Waals surface area contributed by atoms with Crippen molar-refractivity contribution in [3.63, 3.8) is 0 Å². The Balaban J connectivity index is 3.88. The van der Waals surface area contributed by atoms with Gasteiger partial charge in [-0.2, -0.15) is 0 Å². The summed E-state index contributed by atoms with van der Waals surface area (Å²) in [6.45, 7) is 2.01. The van der Waals surface area contributed by atoms with Crippen LogP contribution in [-0.4, -0.2) is 58.0 Å². The molecule has 2 amide bonds. The molecule has 0 radical (unpaired) electrons. The van der Waals surface area contributed by atoms with Crippen LogP contribution < -0.4 is 16.4 Å². The Bertz CT molecular complexity index is 389. The molecule has 0 saturated carbocycles. The van der Waals surface area contributed by atoms with Gasteiger partial charge in [0, 0.05) is 19.4 Å². The summed E-state index contributed by atoms with van der Waals surface area (Å²) < 4.78 is 0. The van der Waals surface area contributed by atoms with Gasteiger partial charge in [-0.05, 0) is 25.7 Å². The minimum atomic E-state index is -1.55. The lowest BCUT2D eigenvalue weighted by Gasteiger charge is -2.14. The standard InChI is InChI=1S/C14H27N3O6/c1-2-11(18)17-10(14(22)23)6-7-12(19)16-8-4-3-5-9(15)13(20)21/h9-10,13,20-21H,2-8,15H2,1H3,(H,16,19)(H,17,18)(H,22,23). The zero-order valence-electron chi connectivity index (χ0n) is 13.3. The predicted octanol–water partition coefficient (Wildman–Crippen LogP) is -1.33. The number of aliphatic hydroxyl groups is 2. The van der Waals surface area contributed by atoms with Gasteiger partial charge in [0.1, 0.15) is 6.04 Å². The Morgan fingerprint density at radius 1 is 1.09 bits per heavy atom. The molecule has 0 aliphatic heterocycles. The van der Waals surface area contributed by atoms with Crippen molar-refractivity contribution >= 4 is 17.8 Å². The molecule has 2 unspecified atom stereocenters. The molecule has 0 saturated heterocycles. The normalized spacial score (nSPS) is 13.4. The van der Waals surface area contributed by atoms with E-state index in [0.29, 0.717) is 25.8 Å². The smallest absolute Gasteiger partial charge is 0.326 e. The molecule has 0 aliphatic rings. The molecule has 0 fully saturated rings. The summed E-state index contributed by atoms with van der Waals surface area (Å²) in [5.41, 5.74) is 5.44. The van der Waals surface area contributed by atoms with Gasteiger partial charge in [-0.25, -0.2) is 4.79 Å². The van der Waals surface area contributed by atoms with Crippen molar-refractivity contribution in [3.8, 4) is 0 Å². The summed E-state index contributed by atoms with van der Waals surface area (Å²) >= 11 is 0. The van der Waals surface area contributed by atoms with E-state index in [2.05, 4.69) is 10.6 Å². The molecular formula is C14H27N3O6. The number of carbonyl (C=O) groups is 3. The van der Waals surface area contributed by atoms with Crippen molar-refractivity contribution in [2.24, 2.45) is 5.73 Å². The average molecular weight is 333 g/mol. The second-order valence-electron chi connectivity index (χ2n) is 5.27. The Morgan fingerprint density at radius 3 is 2.26 bits per heavy atom. The van der Waals surface area contributed by atoms with E-state index in [4.69, 9.17) is 21.1 Å². The van der Waals surface area contributed by atoms with Crippen LogP contribution in [0, 0.1) is 0 Å². The van der Waals surface area contributed by atoms with E-state index in [1.807, 2.05) is 0 Å². The quantitative estimate of drug-likeness (QED) is 0.190. The molecule has 134 valence electrons. The summed E-state index contributed by atoms with van der Waals surface area (Å²) in [4.78, 5) is 33.8. The first kappa shape index (κ1) is 21.3.